The van der Waals surface area contributed by atoms with Crippen LogP contribution in [-0.2, 0) is 19.1 Å². The first kappa shape index (κ1) is 23.0. The van der Waals surface area contributed by atoms with Crippen LogP contribution >= 0.6 is 23.1 Å². The largest absolute Gasteiger partial charge is 0.466 e. The zero-order chi connectivity index (χ0) is 22.5. The average Bonchev–Trinajstić information content (AvgIpc) is 3.48. The van der Waals surface area contributed by atoms with Crippen LogP contribution in [0, 0.1) is 0 Å². The predicted molar refractivity (Wildman–Crippen MR) is 126 cm³/mol. The van der Waals surface area contributed by atoms with Gasteiger partial charge in [0.2, 0.25) is 5.91 Å². The van der Waals surface area contributed by atoms with Crippen molar-refractivity contribution in [1.82, 2.24) is 15.1 Å². The van der Waals surface area contributed by atoms with Crippen LogP contribution in [-0.4, -0.2) is 73.3 Å². The molecule has 0 radical (unpaired) electrons. The summed E-state index contributed by atoms with van der Waals surface area (Å²) < 4.78 is 10.5. The van der Waals surface area contributed by atoms with Gasteiger partial charge in [-0.2, -0.15) is 0 Å². The molecule has 3 aliphatic rings. The maximum atomic E-state index is 12.8. The third kappa shape index (κ3) is 4.93. The number of carbonyl (C=O) groups excluding carboxylic acids is 2. The van der Waals surface area contributed by atoms with Crippen molar-refractivity contribution >= 4 is 40.1 Å². The van der Waals surface area contributed by atoms with Crippen LogP contribution in [0.1, 0.15) is 30.7 Å². The molecule has 1 amide bonds. The Morgan fingerprint density at radius 1 is 1.34 bits per heavy atom. The highest BCUT2D eigenvalue weighted by atomic mass is 32.2. The van der Waals surface area contributed by atoms with Crippen molar-refractivity contribution in [2.24, 2.45) is 4.99 Å². The molecule has 0 aromatic carbocycles. The van der Waals surface area contributed by atoms with Gasteiger partial charge in [-0.3, -0.25) is 9.69 Å². The van der Waals surface area contributed by atoms with Crippen LogP contribution in [0.15, 0.2) is 44.9 Å². The minimum absolute atomic E-state index is 0.0406. The number of aliphatic imine (C=N–C) groups is 1. The Bertz CT molecular complexity index is 936. The molecule has 4 rings (SSSR count). The molecule has 0 saturated carbocycles. The van der Waals surface area contributed by atoms with Crippen LogP contribution in [0.5, 0.6) is 0 Å². The van der Waals surface area contributed by atoms with Gasteiger partial charge in [-0.15, -0.1) is 11.3 Å². The summed E-state index contributed by atoms with van der Waals surface area (Å²) in [7, 11) is 1.39. The lowest BCUT2D eigenvalue weighted by atomic mass is 9.98. The van der Waals surface area contributed by atoms with Crippen molar-refractivity contribution in [2.75, 3.05) is 46.5 Å². The van der Waals surface area contributed by atoms with E-state index in [-0.39, 0.29) is 24.3 Å². The van der Waals surface area contributed by atoms with E-state index in [0.29, 0.717) is 18.5 Å². The summed E-state index contributed by atoms with van der Waals surface area (Å²) in [6, 6.07) is 3.64. The summed E-state index contributed by atoms with van der Waals surface area (Å²) in [5.41, 5.74) is 2.12. The molecule has 10 heteroatoms. The summed E-state index contributed by atoms with van der Waals surface area (Å²) >= 11 is 3.08. The molecule has 0 spiro atoms. The smallest absolute Gasteiger partial charge is 0.338 e. The maximum absolute atomic E-state index is 12.8. The van der Waals surface area contributed by atoms with Gasteiger partial charge in [0.1, 0.15) is 6.04 Å². The fourth-order valence-corrected chi connectivity index (χ4v) is 5.79. The molecule has 1 atom stereocenters. The van der Waals surface area contributed by atoms with Gasteiger partial charge < -0.3 is 19.7 Å². The number of morpholine rings is 1. The Balaban J connectivity index is 1.48. The average molecular weight is 477 g/mol. The fourth-order valence-electron chi connectivity index (χ4n) is 4.03. The molecular weight excluding hydrogens is 448 g/mol. The van der Waals surface area contributed by atoms with E-state index >= 15 is 0 Å². The number of esters is 1. The first-order chi connectivity index (χ1) is 15.6. The van der Waals surface area contributed by atoms with Crippen molar-refractivity contribution in [3.05, 3.63) is 44.8 Å². The Kier molecular flexibility index (Phi) is 7.67. The number of ether oxygens (including phenoxy) is 2. The lowest BCUT2D eigenvalue weighted by Crippen LogP contribution is -2.42. The Hall–Kier alpha value is -2.14. The van der Waals surface area contributed by atoms with E-state index in [0.717, 1.165) is 54.3 Å². The first-order valence-electron chi connectivity index (χ1n) is 10.8. The second-order valence-corrected chi connectivity index (χ2v) is 9.41. The summed E-state index contributed by atoms with van der Waals surface area (Å²) in [5.74, 6) is -0.421. The lowest BCUT2D eigenvalue weighted by molar-refractivity contribution is -0.136. The lowest BCUT2D eigenvalue weighted by Gasteiger charge is -2.35. The molecule has 1 saturated heterocycles. The maximum Gasteiger partial charge on any atom is 0.338 e. The molecule has 1 fully saturated rings. The van der Waals surface area contributed by atoms with E-state index in [1.807, 2.05) is 34.7 Å². The van der Waals surface area contributed by atoms with Crippen molar-refractivity contribution in [3.8, 4) is 0 Å². The van der Waals surface area contributed by atoms with Crippen LogP contribution in [0.3, 0.4) is 0 Å². The van der Waals surface area contributed by atoms with Gasteiger partial charge in [-0.05, 0) is 23.3 Å². The van der Waals surface area contributed by atoms with Crippen LogP contribution < -0.4 is 5.32 Å². The van der Waals surface area contributed by atoms with Crippen molar-refractivity contribution in [3.63, 3.8) is 0 Å². The molecule has 8 nitrogen and oxygen atoms in total. The summed E-state index contributed by atoms with van der Waals surface area (Å²) in [4.78, 5) is 35.6. The molecular formula is C22H28N4O4S2. The van der Waals surface area contributed by atoms with Crippen LogP contribution in [0.2, 0.25) is 0 Å². The van der Waals surface area contributed by atoms with Gasteiger partial charge in [0, 0.05) is 36.8 Å². The quantitative estimate of drug-likeness (QED) is 0.578. The van der Waals surface area contributed by atoms with Gasteiger partial charge in [-0.1, -0.05) is 24.8 Å². The Morgan fingerprint density at radius 2 is 2.16 bits per heavy atom. The fraction of sp³-hybridized carbons (Fsp3) is 0.500. The highest BCUT2D eigenvalue weighted by molar-refractivity contribution is 8.16. The monoisotopic (exact) mass is 476 g/mol. The Morgan fingerprint density at radius 3 is 2.84 bits per heavy atom. The third-order valence-electron chi connectivity index (χ3n) is 5.64. The van der Waals surface area contributed by atoms with Crippen molar-refractivity contribution in [1.29, 1.82) is 0 Å². The van der Waals surface area contributed by atoms with Crippen molar-refractivity contribution in [2.45, 2.75) is 25.8 Å². The molecule has 1 aromatic heterocycles. The van der Waals surface area contributed by atoms with Crippen LogP contribution in [0.4, 0.5) is 0 Å². The summed E-state index contributed by atoms with van der Waals surface area (Å²) in [6.07, 6.45) is 0.856. The number of nitrogens with one attached hydrogen (secondary N) is 1. The van der Waals surface area contributed by atoms with Gasteiger partial charge >= 0.3 is 5.97 Å². The van der Waals surface area contributed by atoms with Crippen LogP contribution in [0.25, 0.3) is 0 Å². The molecule has 3 aliphatic heterocycles. The van der Waals surface area contributed by atoms with Crippen molar-refractivity contribution < 1.29 is 19.1 Å². The van der Waals surface area contributed by atoms with E-state index in [1.165, 1.54) is 18.9 Å². The minimum atomic E-state index is -0.380. The van der Waals surface area contributed by atoms with E-state index in [2.05, 4.69) is 10.2 Å². The molecule has 1 N–H and O–H groups in total. The number of thioether (sulfide) groups is 1. The molecule has 4 heterocycles. The standard InChI is InChI=1S/C22H28N4O4S2/c1-3-16-19(21(28)29-2)20(17-5-4-12-31-17)26-15(14-32-22(26)24-16)13-18(27)23-6-7-25-8-10-30-11-9-25/h4-5,12,14,20H,3,6-11,13H2,1-2H3,(H,23,27). The SMILES string of the molecule is CCC1=C(C(=O)OC)C(c2cccs2)N2C(CC(=O)NCCN3CCOCC3)=CSC2=N1. The minimum Gasteiger partial charge on any atom is -0.466 e. The summed E-state index contributed by atoms with van der Waals surface area (Å²) in [5, 5.41) is 7.78. The number of allylic oxidation sites excluding steroid dienone is 1. The zero-order valence-electron chi connectivity index (χ0n) is 18.3. The topological polar surface area (TPSA) is 83.5 Å². The molecule has 0 aliphatic carbocycles. The van der Waals surface area contributed by atoms with E-state index in [4.69, 9.17) is 14.5 Å². The zero-order valence-corrected chi connectivity index (χ0v) is 20.0. The van der Waals surface area contributed by atoms with E-state index < -0.39 is 0 Å². The molecule has 172 valence electrons. The Labute approximate surface area is 196 Å². The van der Waals surface area contributed by atoms with Gasteiger partial charge in [0.15, 0.2) is 5.17 Å². The molecule has 1 unspecified atom stereocenters. The number of amides is 1. The number of hydrogen-bond acceptors (Lipinski definition) is 9. The molecule has 32 heavy (non-hydrogen) atoms. The number of methoxy groups -OCH3 is 1. The number of nitrogens with zero attached hydrogens (tertiary/aromatic N) is 3. The number of fused-ring (bicyclic) bond motifs is 1. The van der Waals surface area contributed by atoms with Gasteiger partial charge in [0.05, 0.1) is 38.0 Å². The number of rotatable bonds is 8. The third-order valence-corrected chi connectivity index (χ3v) is 7.45. The number of carbonyl (C=O) groups is 2. The number of thiophene rings is 1. The summed E-state index contributed by atoms with van der Waals surface area (Å²) in [6.45, 7) is 6.68. The molecule has 1 aromatic rings. The second-order valence-electron chi connectivity index (χ2n) is 7.60. The van der Waals surface area contributed by atoms with Gasteiger partial charge in [0.25, 0.3) is 0 Å². The number of hydrogen-bond donors (Lipinski definition) is 1. The normalized spacial score (nSPS) is 21.2. The molecule has 0 bridgehead atoms. The highest BCUT2D eigenvalue weighted by Gasteiger charge is 2.41. The number of amidine groups is 1. The second kappa shape index (κ2) is 10.7. The van der Waals surface area contributed by atoms with E-state index in [9.17, 15) is 9.59 Å². The van der Waals surface area contributed by atoms with Gasteiger partial charge in [-0.25, -0.2) is 9.79 Å². The highest BCUT2D eigenvalue weighted by Crippen LogP contribution is 2.46. The first-order valence-corrected chi connectivity index (χ1v) is 12.5. The van der Waals surface area contributed by atoms with E-state index in [1.54, 1.807) is 11.3 Å². The predicted octanol–water partition coefficient (Wildman–Crippen LogP) is 2.72.